The predicted octanol–water partition coefficient (Wildman–Crippen LogP) is 4.19. The fourth-order valence-electron chi connectivity index (χ4n) is 1.79. The highest BCUT2D eigenvalue weighted by Gasteiger charge is 2.06. The second-order valence-corrected chi connectivity index (χ2v) is 4.89. The molecular formula is C15H13ClF2N2O. The molecule has 0 aliphatic carbocycles. The van der Waals surface area contributed by atoms with Crippen LogP contribution in [0.5, 0.6) is 0 Å². The van der Waals surface area contributed by atoms with Crippen molar-refractivity contribution in [3.05, 3.63) is 58.6 Å². The number of nitrogens with one attached hydrogen (secondary N) is 2. The monoisotopic (exact) mass is 310 g/mol. The molecule has 0 unspecified atom stereocenters. The lowest BCUT2D eigenvalue weighted by molar-refractivity contribution is -0.114. The Hall–Kier alpha value is -2.14. The highest BCUT2D eigenvalue weighted by Crippen LogP contribution is 2.21. The van der Waals surface area contributed by atoms with Crippen LogP contribution < -0.4 is 10.6 Å². The van der Waals surface area contributed by atoms with Crippen molar-refractivity contribution in [3.8, 4) is 0 Å². The maximum atomic E-state index is 13.7. The molecule has 6 heteroatoms. The Kier molecular flexibility index (Phi) is 4.75. The predicted molar refractivity (Wildman–Crippen MR) is 79.4 cm³/mol. The van der Waals surface area contributed by atoms with E-state index in [9.17, 15) is 13.6 Å². The topological polar surface area (TPSA) is 41.1 Å². The van der Waals surface area contributed by atoms with E-state index in [1.54, 1.807) is 6.07 Å². The SMILES string of the molecule is CC(=O)Nc1ccc(F)c(NCc2ccc(F)c(Cl)c2)c1. The average Bonchev–Trinajstić information content (AvgIpc) is 2.42. The molecule has 21 heavy (non-hydrogen) atoms. The number of anilines is 2. The van der Waals surface area contributed by atoms with Crippen molar-refractivity contribution in [2.75, 3.05) is 10.6 Å². The Morgan fingerprint density at radius 1 is 1.14 bits per heavy atom. The van der Waals surface area contributed by atoms with E-state index in [2.05, 4.69) is 10.6 Å². The van der Waals surface area contributed by atoms with Crippen molar-refractivity contribution in [1.29, 1.82) is 0 Å². The minimum absolute atomic E-state index is 0.0155. The number of carbonyl (C=O) groups is 1. The van der Waals surface area contributed by atoms with Gasteiger partial charge in [-0.05, 0) is 35.9 Å². The Bertz CT molecular complexity index is 677. The van der Waals surface area contributed by atoms with Crippen LogP contribution in [-0.2, 0) is 11.3 Å². The van der Waals surface area contributed by atoms with Crippen molar-refractivity contribution >= 4 is 28.9 Å². The number of hydrogen-bond donors (Lipinski definition) is 2. The number of amides is 1. The Morgan fingerprint density at radius 2 is 1.86 bits per heavy atom. The molecule has 0 aromatic heterocycles. The van der Waals surface area contributed by atoms with Gasteiger partial charge in [0.15, 0.2) is 0 Å². The largest absolute Gasteiger partial charge is 0.379 e. The van der Waals surface area contributed by atoms with Crippen LogP contribution in [0.25, 0.3) is 0 Å². The molecule has 0 atom stereocenters. The Balaban J connectivity index is 2.11. The van der Waals surface area contributed by atoms with Crippen LogP contribution in [-0.4, -0.2) is 5.91 Å². The fourth-order valence-corrected chi connectivity index (χ4v) is 1.99. The summed E-state index contributed by atoms with van der Waals surface area (Å²) in [5.41, 5.74) is 1.44. The lowest BCUT2D eigenvalue weighted by Crippen LogP contribution is -2.07. The summed E-state index contributed by atoms with van der Waals surface area (Å²) < 4.78 is 26.7. The first-order chi connectivity index (χ1) is 9.95. The fraction of sp³-hybridized carbons (Fsp3) is 0.133. The minimum Gasteiger partial charge on any atom is -0.379 e. The molecule has 0 aliphatic heterocycles. The quantitative estimate of drug-likeness (QED) is 0.889. The molecule has 0 fully saturated rings. The lowest BCUT2D eigenvalue weighted by Gasteiger charge is -2.10. The minimum atomic E-state index is -0.501. The first kappa shape index (κ1) is 15.3. The zero-order valence-electron chi connectivity index (χ0n) is 11.2. The van der Waals surface area contributed by atoms with E-state index in [0.29, 0.717) is 11.3 Å². The molecule has 1 amide bonds. The van der Waals surface area contributed by atoms with Gasteiger partial charge in [0.1, 0.15) is 11.6 Å². The standard InChI is InChI=1S/C15H13ClF2N2O/c1-9(21)20-11-3-5-14(18)15(7-11)19-8-10-2-4-13(17)12(16)6-10/h2-7,19H,8H2,1H3,(H,20,21). The first-order valence-electron chi connectivity index (χ1n) is 6.20. The Morgan fingerprint density at radius 3 is 2.52 bits per heavy atom. The normalized spacial score (nSPS) is 10.3. The molecule has 110 valence electrons. The molecule has 2 rings (SSSR count). The van der Waals surface area contributed by atoms with Crippen LogP contribution in [0.2, 0.25) is 5.02 Å². The summed E-state index contributed by atoms with van der Waals surface area (Å²) in [7, 11) is 0. The van der Waals surface area contributed by atoms with Gasteiger partial charge in [-0.15, -0.1) is 0 Å². The van der Waals surface area contributed by atoms with Crippen molar-refractivity contribution in [2.45, 2.75) is 13.5 Å². The molecule has 2 aromatic rings. The molecule has 2 aromatic carbocycles. The van der Waals surface area contributed by atoms with Gasteiger partial charge in [0, 0.05) is 19.2 Å². The molecule has 0 aliphatic rings. The number of benzene rings is 2. The number of rotatable bonds is 4. The molecule has 2 N–H and O–H groups in total. The summed E-state index contributed by atoms with van der Waals surface area (Å²) in [5.74, 6) is -1.19. The van der Waals surface area contributed by atoms with Crippen LogP contribution in [0, 0.1) is 11.6 Å². The second-order valence-electron chi connectivity index (χ2n) is 4.48. The van der Waals surface area contributed by atoms with Gasteiger partial charge in [-0.25, -0.2) is 8.78 Å². The number of hydrogen-bond acceptors (Lipinski definition) is 2. The molecule has 0 saturated carbocycles. The Labute approximate surface area is 125 Å². The van der Waals surface area contributed by atoms with E-state index in [1.807, 2.05) is 0 Å². The van der Waals surface area contributed by atoms with Gasteiger partial charge in [0.2, 0.25) is 5.91 Å². The summed E-state index contributed by atoms with van der Waals surface area (Å²) in [6.45, 7) is 1.65. The highest BCUT2D eigenvalue weighted by molar-refractivity contribution is 6.30. The molecule has 3 nitrogen and oxygen atoms in total. The van der Waals surface area contributed by atoms with Gasteiger partial charge in [-0.3, -0.25) is 4.79 Å². The van der Waals surface area contributed by atoms with E-state index < -0.39 is 11.6 Å². The van der Waals surface area contributed by atoms with E-state index >= 15 is 0 Å². The van der Waals surface area contributed by atoms with E-state index in [0.717, 1.165) is 0 Å². The molecule has 0 saturated heterocycles. The van der Waals surface area contributed by atoms with Gasteiger partial charge in [0.25, 0.3) is 0 Å². The van der Waals surface area contributed by atoms with Crippen LogP contribution in [0.3, 0.4) is 0 Å². The summed E-state index contributed by atoms with van der Waals surface area (Å²) in [6, 6.07) is 8.50. The van der Waals surface area contributed by atoms with Crippen molar-refractivity contribution in [1.82, 2.24) is 0 Å². The summed E-state index contributed by atoms with van der Waals surface area (Å²) in [6.07, 6.45) is 0. The zero-order chi connectivity index (χ0) is 15.4. The van der Waals surface area contributed by atoms with Gasteiger partial charge in [-0.1, -0.05) is 17.7 Å². The summed E-state index contributed by atoms with van der Waals surface area (Å²) >= 11 is 5.69. The second kappa shape index (κ2) is 6.54. The molecule has 0 radical (unpaired) electrons. The van der Waals surface area contributed by atoms with E-state index in [4.69, 9.17) is 11.6 Å². The maximum absolute atomic E-state index is 13.7. The lowest BCUT2D eigenvalue weighted by atomic mass is 10.2. The molecular weight excluding hydrogens is 298 g/mol. The average molecular weight is 311 g/mol. The van der Waals surface area contributed by atoms with E-state index in [1.165, 1.54) is 37.3 Å². The molecule has 0 spiro atoms. The van der Waals surface area contributed by atoms with Crippen LogP contribution in [0.1, 0.15) is 12.5 Å². The first-order valence-corrected chi connectivity index (χ1v) is 6.58. The third-order valence-electron chi connectivity index (χ3n) is 2.75. The number of carbonyl (C=O) groups excluding carboxylic acids is 1. The van der Waals surface area contributed by atoms with Crippen molar-refractivity contribution in [2.24, 2.45) is 0 Å². The zero-order valence-corrected chi connectivity index (χ0v) is 12.0. The smallest absolute Gasteiger partial charge is 0.221 e. The number of halogens is 3. The molecule has 0 heterocycles. The highest BCUT2D eigenvalue weighted by atomic mass is 35.5. The van der Waals surface area contributed by atoms with Crippen LogP contribution in [0.15, 0.2) is 36.4 Å². The van der Waals surface area contributed by atoms with Crippen LogP contribution in [0.4, 0.5) is 20.2 Å². The van der Waals surface area contributed by atoms with Crippen molar-refractivity contribution in [3.63, 3.8) is 0 Å². The summed E-state index contributed by atoms with van der Waals surface area (Å²) in [5, 5.41) is 5.47. The third kappa shape index (κ3) is 4.16. The van der Waals surface area contributed by atoms with Gasteiger partial charge < -0.3 is 10.6 Å². The third-order valence-corrected chi connectivity index (χ3v) is 3.04. The van der Waals surface area contributed by atoms with Gasteiger partial charge >= 0.3 is 0 Å². The van der Waals surface area contributed by atoms with Crippen molar-refractivity contribution < 1.29 is 13.6 Å². The molecule has 0 bridgehead atoms. The van der Waals surface area contributed by atoms with Gasteiger partial charge in [-0.2, -0.15) is 0 Å². The summed E-state index contributed by atoms with van der Waals surface area (Å²) in [4.78, 5) is 11.0. The van der Waals surface area contributed by atoms with Gasteiger partial charge in [0.05, 0.1) is 10.7 Å². The van der Waals surface area contributed by atoms with Crippen LogP contribution >= 0.6 is 11.6 Å². The van der Waals surface area contributed by atoms with E-state index in [-0.39, 0.29) is 23.2 Å². The maximum Gasteiger partial charge on any atom is 0.221 e.